The summed E-state index contributed by atoms with van der Waals surface area (Å²) in [6.07, 6.45) is -7.23. The van der Waals surface area contributed by atoms with Crippen LogP contribution in [0.1, 0.15) is 32.6 Å². The molecule has 1 rings (SSSR count). The number of likely N-dealkylation sites (tertiary alicyclic amines) is 1. The van der Waals surface area contributed by atoms with Crippen LogP contribution in [-0.2, 0) is 0 Å². The fourth-order valence-corrected chi connectivity index (χ4v) is 2.71. The average Bonchev–Trinajstić information content (AvgIpc) is 2.46. The van der Waals surface area contributed by atoms with Gasteiger partial charge < -0.3 is 10.6 Å². The molecule has 0 atom stereocenters. The highest BCUT2D eigenvalue weighted by Crippen LogP contribution is 2.24. The van der Waals surface area contributed by atoms with Crippen LogP contribution >= 0.6 is 0 Å². The third-order valence-corrected chi connectivity index (χ3v) is 3.96. The Labute approximate surface area is 144 Å². The number of nitrogens with one attached hydrogen (secondary N) is 2. The van der Waals surface area contributed by atoms with Crippen molar-refractivity contribution in [2.45, 2.75) is 45.0 Å². The van der Waals surface area contributed by atoms with Crippen LogP contribution < -0.4 is 10.6 Å². The molecule has 0 unspecified atom stereocenters. The first-order valence-electron chi connectivity index (χ1n) is 8.47. The Kier molecular flexibility index (Phi) is 8.81. The van der Waals surface area contributed by atoms with Gasteiger partial charge in [0.15, 0.2) is 5.96 Å². The highest BCUT2D eigenvalue weighted by atomic mass is 19.4. The molecule has 1 aliphatic heterocycles. The van der Waals surface area contributed by atoms with E-state index in [1.54, 1.807) is 0 Å². The van der Waals surface area contributed by atoms with Crippen LogP contribution in [0.3, 0.4) is 0 Å². The van der Waals surface area contributed by atoms with Crippen molar-refractivity contribution in [3.05, 3.63) is 0 Å². The number of hydrogen-bond acceptors (Lipinski definition) is 2. The number of guanidine groups is 1. The molecule has 0 aromatic heterocycles. The molecule has 1 saturated heterocycles. The summed E-state index contributed by atoms with van der Waals surface area (Å²) in [6.45, 7) is 2.50. The third-order valence-electron chi connectivity index (χ3n) is 3.96. The summed E-state index contributed by atoms with van der Waals surface area (Å²) in [6, 6.07) is 0. The lowest BCUT2D eigenvalue weighted by molar-refractivity contribution is -0.148. The smallest absolute Gasteiger partial charge is 0.357 e. The minimum absolute atomic E-state index is 0.245. The molecule has 0 saturated carbocycles. The number of rotatable bonds is 7. The highest BCUT2D eigenvalue weighted by molar-refractivity contribution is 5.79. The normalized spacial score (nSPS) is 18.4. The van der Waals surface area contributed by atoms with Gasteiger partial charge in [-0.1, -0.05) is 0 Å². The lowest BCUT2D eigenvalue weighted by atomic mass is 9.93. The van der Waals surface area contributed by atoms with Gasteiger partial charge in [0.25, 0.3) is 0 Å². The molecule has 0 aromatic rings. The molecule has 2 N–H and O–H groups in total. The van der Waals surface area contributed by atoms with Gasteiger partial charge in [-0.25, -0.2) is 0 Å². The van der Waals surface area contributed by atoms with Gasteiger partial charge in [0.05, 0.1) is 13.0 Å². The van der Waals surface area contributed by atoms with Gasteiger partial charge in [0.2, 0.25) is 0 Å². The monoisotopic (exact) mass is 376 g/mol. The van der Waals surface area contributed by atoms with Gasteiger partial charge in [0, 0.05) is 19.6 Å². The summed E-state index contributed by atoms with van der Waals surface area (Å²) < 4.78 is 73.4. The first-order valence-corrected chi connectivity index (χ1v) is 8.47. The fraction of sp³-hybridized carbons (Fsp3) is 0.933. The maximum Gasteiger partial charge on any atom is 0.401 e. The summed E-state index contributed by atoms with van der Waals surface area (Å²) >= 11 is 0. The van der Waals surface area contributed by atoms with Gasteiger partial charge >= 0.3 is 12.4 Å². The standard InChI is InChI=1S/C15H26F6N4/c1-2-22-13(24-8-6-14(16,17)18)23-7-3-12-4-9-25(10-5-12)11-15(19,20)21/h12H,2-11H2,1H3,(H2,22,23,24). The van der Waals surface area contributed by atoms with E-state index in [0.717, 1.165) is 6.42 Å². The summed E-state index contributed by atoms with van der Waals surface area (Å²) in [5.74, 6) is 0.632. The number of hydrogen-bond donors (Lipinski definition) is 2. The predicted molar refractivity (Wildman–Crippen MR) is 84.5 cm³/mol. The second-order valence-corrected chi connectivity index (χ2v) is 6.18. The van der Waals surface area contributed by atoms with Crippen molar-refractivity contribution in [1.29, 1.82) is 0 Å². The molecule has 0 bridgehead atoms. The maximum absolute atomic E-state index is 12.3. The quantitative estimate of drug-likeness (QED) is 0.407. The van der Waals surface area contributed by atoms with E-state index in [1.807, 2.05) is 6.92 Å². The van der Waals surface area contributed by atoms with Gasteiger partial charge in [-0.15, -0.1) is 0 Å². The van der Waals surface area contributed by atoms with Crippen molar-refractivity contribution in [2.75, 3.05) is 39.3 Å². The van der Waals surface area contributed by atoms with E-state index >= 15 is 0 Å². The van der Waals surface area contributed by atoms with Crippen molar-refractivity contribution in [3.63, 3.8) is 0 Å². The van der Waals surface area contributed by atoms with E-state index in [0.29, 0.717) is 50.9 Å². The van der Waals surface area contributed by atoms with Gasteiger partial charge in [-0.2, -0.15) is 26.3 Å². The molecular formula is C15H26F6N4. The lowest BCUT2D eigenvalue weighted by Crippen LogP contribution is -2.40. The Hall–Kier alpha value is -1.19. The Morgan fingerprint density at radius 1 is 1.04 bits per heavy atom. The first kappa shape index (κ1) is 21.9. The van der Waals surface area contributed by atoms with Crippen LogP contribution in [0.2, 0.25) is 0 Å². The number of alkyl halides is 6. The molecule has 1 aliphatic rings. The molecule has 1 heterocycles. The summed E-state index contributed by atoms with van der Waals surface area (Å²) in [4.78, 5) is 5.64. The Bertz CT molecular complexity index is 400. The molecular weight excluding hydrogens is 350 g/mol. The fourth-order valence-electron chi connectivity index (χ4n) is 2.71. The zero-order valence-electron chi connectivity index (χ0n) is 14.3. The zero-order valence-corrected chi connectivity index (χ0v) is 14.3. The largest absolute Gasteiger partial charge is 0.401 e. The second kappa shape index (κ2) is 10.1. The molecule has 10 heteroatoms. The minimum atomic E-state index is -4.21. The molecule has 0 spiro atoms. The summed E-state index contributed by atoms with van der Waals surface area (Å²) in [7, 11) is 0. The second-order valence-electron chi connectivity index (χ2n) is 6.18. The Balaban J connectivity index is 2.29. The van der Waals surface area contributed by atoms with Crippen molar-refractivity contribution in [3.8, 4) is 0 Å². The van der Waals surface area contributed by atoms with E-state index in [9.17, 15) is 26.3 Å². The van der Waals surface area contributed by atoms with Crippen molar-refractivity contribution >= 4 is 5.96 Å². The molecule has 4 nitrogen and oxygen atoms in total. The summed E-state index contributed by atoms with van der Waals surface area (Å²) in [5.41, 5.74) is 0. The molecule has 0 aromatic carbocycles. The predicted octanol–water partition coefficient (Wildman–Crippen LogP) is 3.16. The summed E-state index contributed by atoms with van der Waals surface area (Å²) in [5, 5.41) is 5.51. The zero-order chi connectivity index (χ0) is 18.9. The minimum Gasteiger partial charge on any atom is -0.357 e. The van der Waals surface area contributed by atoms with Crippen LogP contribution in [-0.4, -0.2) is 62.5 Å². The van der Waals surface area contributed by atoms with Crippen LogP contribution in [0.4, 0.5) is 26.3 Å². The van der Waals surface area contributed by atoms with Crippen LogP contribution in [0.5, 0.6) is 0 Å². The van der Waals surface area contributed by atoms with Crippen molar-refractivity contribution < 1.29 is 26.3 Å². The van der Waals surface area contributed by atoms with Crippen molar-refractivity contribution in [1.82, 2.24) is 15.5 Å². The molecule has 1 fully saturated rings. The van der Waals surface area contributed by atoms with Crippen LogP contribution in [0, 0.1) is 5.92 Å². The van der Waals surface area contributed by atoms with Crippen LogP contribution in [0.25, 0.3) is 0 Å². The molecule has 0 radical (unpaired) electrons. The number of halogens is 6. The third kappa shape index (κ3) is 11.1. The van der Waals surface area contributed by atoms with E-state index in [1.165, 1.54) is 4.90 Å². The molecule has 0 amide bonds. The van der Waals surface area contributed by atoms with E-state index in [4.69, 9.17) is 0 Å². The van der Waals surface area contributed by atoms with Gasteiger partial charge in [-0.05, 0) is 45.2 Å². The lowest BCUT2D eigenvalue weighted by Gasteiger charge is -2.32. The first-order chi connectivity index (χ1) is 11.6. The Morgan fingerprint density at radius 2 is 1.68 bits per heavy atom. The molecule has 25 heavy (non-hydrogen) atoms. The number of piperidine rings is 1. The average molecular weight is 376 g/mol. The van der Waals surface area contributed by atoms with Gasteiger partial charge in [0.1, 0.15) is 0 Å². The molecule has 148 valence electrons. The highest BCUT2D eigenvalue weighted by Gasteiger charge is 2.32. The number of nitrogens with zero attached hydrogens (tertiary/aromatic N) is 2. The van der Waals surface area contributed by atoms with E-state index < -0.39 is 25.3 Å². The van der Waals surface area contributed by atoms with E-state index in [-0.39, 0.29) is 6.54 Å². The SMILES string of the molecule is CCNC(=NCCC1CCN(CC(F)(F)F)CC1)NCCC(F)(F)F. The molecule has 0 aliphatic carbocycles. The van der Waals surface area contributed by atoms with E-state index in [2.05, 4.69) is 15.6 Å². The topological polar surface area (TPSA) is 39.7 Å². The maximum atomic E-state index is 12.3. The van der Waals surface area contributed by atoms with Crippen molar-refractivity contribution in [2.24, 2.45) is 10.9 Å². The number of aliphatic imine (C=N–C) groups is 1. The Morgan fingerprint density at radius 3 is 2.20 bits per heavy atom. The van der Waals surface area contributed by atoms with Gasteiger partial charge in [-0.3, -0.25) is 9.89 Å². The van der Waals surface area contributed by atoms with Crippen LogP contribution in [0.15, 0.2) is 4.99 Å².